The fourth-order valence-electron chi connectivity index (χ4n) is 1.69. The van der Waals surface area contributed by atoms with Gasteiger partial charge in [-0.25, -0.2) is 0 Å². The fourth-order valence-corrected chi connectivity index (χ4v) is 1.69. The molecule has 0 fully saturated rings. The van der Waals surface area contributed by atoms with Gasteiger partial charge in [-0.15, -0.1) is 0 Å². The van der Waals surface area contributed by atoms with Gasteiger partial charge < -0.3 is 20.7 Å². The zero-order valence-electron chi connectivity index (χ0n) is 12.3. The summed E-state index contributed by atoms with van der Waals surface area (Å²) in [7, 11) is 3.99. The van der Waals surface area contributed by atoms with Gasteiger partial charge in [-0.05, 0) is 26.1 Å². The van der Waals surface area contributed by atoms with Gasteiger partial charge in [0.2, 0.25) is 5.91 Å². The van der Waals surface area contributed by atoms with E-state index in [1.54, 1.807) is 0 Å². The monoisotopic (exact) mass is 279 g/mol. The molecular weight excluding hydrogens is 254 g/mol. The Morgan fingerprint density at radius 3 is 2.65 bits per heavy atom. The Balaban J connectivity index is 2.13. The lowest BCUT2D eigenvalue weighted by atomic mass is 10.1. The smallest absolute Gasteiger partial charge is 0.237 e. The summed E-state index contributed by atoms with van der Waals surface area (Å²) in [5, 5.41) is 2.79. The molecule has 0 bridgehead atoms. The van der Waals surface area contributed by atoms with E-state index in [2.05, 4.69) is 5.32 Å². The fraction of sp³-hybridized carbons (Fsp3) is 0.533. The minimum Gasteiger partial charge on any atom is -0.378 e. The van der Waals surface area contributed by atoms with Crippen molar-refractivity contribution in [3.05, 3.63) is 35.9 Å². The van der Waals surface area contributed by atoms with Gasteiger partial charge in [0.05, 0.1) is 19.3 Å². The molecule has 3 N–H and O–H groups in total. The van der Waals surface area contributed by atoms with Gasteiger partial charge in [0, 0.05) is 13.1 Å². The molecule has 0 saturated heterocycles. The number of hydrogen-bond acceptors (Lipinski definition) is 4. The molecule has 112 valence electrons. The standard InChI is InChI=1S/C15H25N3O2/c1-18(2)9-11-20-10-8-17-15(19)14(16)12-13-6-4-3-5-7-13/h3-7,14H,8-12,16H2,1-2H3,(H,17,19)/t14-/m0/s1. The van der Waals surface area contributed by atoms with Crippen molar-refractivity contribution >= 4 is 5.91 Å². The number of nitrogens with zero attached hydrogens (tertiary/aromatic N) is 1. The summed E-state index contributed by atoms with van der Waals surface area (Å²) in [6, 6.07) is 9.26. The quantitative estimate of drug-likeness (QED) is 0.636. The minimum atomic E-state index is -0.515. The van der Waals surface area contributed by atoms with Gasteiger partial charge in [-0.1, -0.05) is 30.3 Å². The number of nitrogens with one attached hydrogen (secondary N) is 1. The second-order valence-electron chi connectivity index (χ2n) is 5.00. The van der Waals surface area contributed by atoms with Crippen molar-refractivity contribution in [1.82, 2.24) is 10.2 Å². The molecule has 1 aromatic carbocycles. The first-order valence-electron chi connectivity index (χ1n) is 6.89. The largest absolute Gasteiger partial charge is 0.378 e. The lowest BCUT2D eigenvalue weighted by Gasteiger charge is -2.13. The number of likely N-dealkylation sites (N-methyl/N-ethyl adjacent to an activating group) is 1. The molecule has 20 heavy (non-hydrogen) atoms. The average molecular weight is 279 g/mol. The number of benzene rings is 1. The maximum absolute atomic E-state index is 11.8. The van der Waals surface area contributed by atoms with E-state index in [0.717, 1.165) is 12.1 Å². The van der Waals surface area contributed by atoms with Crippen LogP contribution in [0.1, 0.15) is 5.56 Å². The molecule has 0 heterocycles. The Hall–Kier alpha value is -1.43. The van der Waals surface area contributed by atoms with Crippen LogP contribution < -0.4 is 11.1 Å². The Morgan fingerprint density at radius 2 is 2.00 bits per heavy atom. The number of carbonyl (C=O) groups is 1. The molecule has 0 aliphatic heterocycles. The van der Waals surface area contributed by atoms with Crippen LogP contribution in [0.4, 0.5) is 0 Å². The van der Waals surface area contributed by atoms with Crippen LogP contribution >= 0.6 is 0 Å². The topological polar surface area (TPSA) is 67.6 Å². The third kappa shape index (κ3) is 7.23. The molecule has 0 aliphatic carbocycles. The number of hydrogen-bond donors (Lipinski definition) is 2. The molecule has 0 spiro atoms. The Morgan fingerprint density at radius 1 is 1.30 bits per heavy atom. The summed E-state index contributed by atoms with van der Waals surface area (Å²) >= 11 is 0. The van der Waals surface area contributed by atoms with Crippen molar-refractivity contribution in [1.29, 1.82) is 0 Å². The molecule has 0 radical (unpaired) electrons. The van der Waals surface area contributed by atoms with Crippen LogP contribution in [-0.4, -0.2) is 57.2 Å². The van der Waals surface area contributed by atoms with Gasteiger partial charge in [0.15, 0.2) is 0 Å². The van der Waals surface area contributed by atoms with Crippen LogP contribution in [0, 0.1) is 0 Å². The molecule has 1 aromatic rings. The van der Waals surface area contributed by atoms with E-state index in [4.69, 9.17) is 10.5 Å². The average Bonchev–Trinajstić information content (AvgIpc) is 2.43. The van der Waals surface area contributed by atoms with Crippen LogP contribution in [0.3, 0.4) is 0 Å². The predicted octanol–water partition coefficient (Wildman–Crippen LogP) is 0.251. The SMILES string of the molecule is CN(C)CCOCCNC(=O)[C@@H](N)Cc1ccccc1. The minimum absolute atomic E-state index is 0.134. The second-order valence-corrected chi connectivity index (χ2v) is 5.00. The third-order valence-electron chi connectivity index (χ3n) is 2.86. The maximum atomic E-state index is 11.8. The van der Waals surface area contributed by atoms with E-state index in [1.165, 1.54) is 0 Å². The molecule has 0 saturated carbocycles. The summed E-state index contributed by atoms with van der Waals surface area (Å²) in [6.45, 7) is 2.55. The molecule has 0 aromatic heterocycles. The Kier molecular flexibility index (Phi) is 7.87. The van der Waals surface area contributed by atoms with Gasteiger partial charge in [0.25, 0.3) is 0 Å². The molecule has 5 heteroatoms. The Bertz CT molecular complexity index is 382. The van der Waals surface area contributed by atoms with E-state index in [1.807, 2.05) is 49.3 Å². The predicted molar refractivity (Wildman–Crippen MR) is 80.5 cm³/mol. The van der Waals surface area contributed by atoms with Crippen molar-refractivity contribution < 1.29 is 9.53 Å². The van der Waals surface area contributed by atoms with Gasteiger partial charge in [0.1, 0.15) is 0 Å². The number of nitrogens with two attached hydrogens (primary N) is 1. The molecule has 0 aliphatic rings. The molecule has 0 unspecified atom stereocenters. The van der Waals surface area contributed by atoms with Crippen molar-refractivity contribution in [3.8, 4) is 0 Å². The summed E-state index contributed by atoms with van der Waals surface area (Å²) in [4.78, 5) is 13.8. The van der Waals surface area contributed by atoms with Gasteiger partial charge in [-0.3, -0.25) is 4.79 Å². The summed E-state index contributed by atoms with van der Waals surface area (Å²) in [5.74, 6) is -0.134. The van der Waals surface area contributed by atoms with Crippen LogP contribution in [0.2, 0.25) is 0 Å². The van der Waals surface area contributed by atoms with E-state index in [-0.39, 0.29) is 5.91 Å². The normalized spacial score (nSPS) is 12.4. The van der Waals surface area contributed by atoms with Gasteiger partial charge >= 0.3 is 0 Å². The van der Waals surface area contributed by atoms with E-state index < -0.39 is 6.04 Å². The molecule has 1 rings (SSSR count). The maximum Gasteiger partial charge on any atom is 0.237 e. The molecule has 1 atom stereocenters. The van der Waals surface area contributed by atoms with Crippen LogP contribution in [0.25, 0.3) is 0 Å². The number of amides is 1. The van der Waals surface area contributed by atoms with Crippen molar-refractivity contribution in [2.24, 2.45) is 5.73 Å². The van der Waals surface area contributed by atoms with Crippen LogP contribution in [-0.2, 0) is 16.0 Å². The van der Waals surface area contributed by atoms with E-state index >= 15 is 0 Å². The van der Waals surface area contributed by atoms with Crippen molar-refractivity contribution in [2.75, 3.05) is 40.4 Å². The Labute approximate surface area is 121 Å². The van der Waals surface area contributed by atoms with Gasteiger partial charge in [-0.2, -0.15) is 0 Å². The second kappa shape index (κ2) is 9.47. The first-order valence-corrected chi connectivity index (χ1v) is 6.89. The highest BCUT2D eigenvalue weighted by atomic mass is 16.5. The molecule has 5 nitrogen and oxygen atoms in total. The molecule has 1 amide bonds. The lowest BCUT2D eigenvalue weighted by Crippen LogP contribution is -2.43. The zero-order valence-corrected chi connectivity index (χ0v) is 12.3. The van der Waals surface area contributed by atoms with E-state index in [0.29, 0.717) is 26.2 Å². The zero-order chi connectivity index (χ0) is 14.8. The first kappa shape index (κ1) is 16.6. The van der Waals surface area contributed by atoms with Crippen LogP contribution in [0.15, 0.2) is 30.3 Å². The van der Waals surface area contributed by atoms with Crippen molar-refractivity contribution in [3.63, 3.8) is 0 Å². The van der Waals surface area contributed by atoms with Crippen molar-refractivity contribution in [2.45, 2.75) is 12.5 Å². The first-order chi connectivity index (χ1) is 9.59. The summed E-state index contributed by atoms with van der Waals surface area (Å²) in [5.41, 5.74) is 6.94. The van der Waals surface area contributed by atoms with E-state index in [9.17, 15) is 4.79 Å². The highest BCUT2D eigenvalue weighted by Gasteiger charge is 2.13. The lowest BCUT2D eigenvalue weighted by molar-refractivity contribution is -0.122. The number of ether oxygens (including phenoxy) is 1. The van der Waals surface area contributed by atoms with Crippen LogP contribution in [0.5, 0.6) is 0 Å². The summed E-state index contributed by atoms with van der Waals surface area (Å²) < 4.78 is 5.40. The number of rotatable bonds is 9. The highest BCUT2D eigenvalue weighted by molar-refractivity contribution is 5.81. The highest BCUT2D eigenvalue weighted by Crippen LogP contribution is 2.01. The summed E-state index contributed by atoms with van der Waals surface area (Å²) in [6.07, 6.45) is 0.550. The number of carbonyl (C=O) groups excluding carboxylic acids is 1. The third-order valence-corrected chi connectivity index (χ3v) is 2.86. The molecular formula is C15H25N3O2.